The van der Waals surface area contributed by atoms with Gasteiger partial charge in [0.15, 0.2) is 0 Å². The number of aryl methyl sites for hydroxylation is 1. The van der Waals surface area contributed by atoms with Crippen LogP contribution in [0.1, 0.15) is 22.4 Å². The van der Waals surface area contributed by atoms with Crippen molar-refractivity contribution in [3.63, 3.8) is 0 Å². The summed E-state index contributed by atoms with van der Waals surface area (Å²) >= 11 is 0. The third-order valence-corrected chi connectivity index (χ3v) is 5.17. The molecule has 1 N–H and O–H groups in total. The number of halogens is 1. The van der Waals surface area contributed by atoms with Gasteiger partial charge in [0.05, 0.1) is 6.54 Å². The maximum atomic E-state index is 13.8. The van der Waals surface area contributed by atoms with Crippen molar-refractivity contribution >= 4 is 0 Å². The maximum absolute atomic E-state index is 13.8. The lowest BCUT2D eigenvalue weighted by atomic mass is 10.1. The fourth-order valence-corrected chi connectivity index (χ4v) is 3.46. The van der Waals surface area contributed by atoms with Crippen molar-refractivity contribution in [2.45, 2.75) is 26.4 Å². The van der Waals surface area contributed by atoms with Crippen molar-refractivity contribution in [1.82, 2.24) is 20.3 Å². The predicted molar refractivity (Wildman–Crippen MR) is 118 cm³/mol. The highest BCUT2D eigenvalue weighted by Crippen LogP contribution is 2.20. The predicted octanol–water partition coefficient (Wildman–Crippen LogP) is 4.77. The summed E-state index contributed by atoms with van der Waals surface area (Å²) in [7, 11) is 0. The highest BCUT2D eigenvalue weighted by molar-refractivity contribution is 5.60. The minimum absolute atomic E-state index is 0.159. The summed E-state index contributed by atoms with van der Waals surface area (Å²) in [5.41, 5.74) is 5.95. The van der Waals surface area contributed by atoms with E-state index in [9.17, 15) is 4.39 Å². The Kier molecular flexibility index (Phi) is 6.30. The van der Waals surface area contributed by atoms with Gasteiger partial charge in [-0.05, 0) is 42.6 Å². The molecule has 30 heavy (non-hydrogen) atoms. The van der Waals surface area contributed by atoms with Crippen molar-refractivity contribution < 1.29 is 4.39 Å². The SMILES string of the molecule is Cc1ccccc1Cn1nc(CNCCc2ccccc2F)c(-c2ccccc2)n1. The topological polar surface area (TPSA) is 42.7 Å². The van der Waals surface area contributed by atoms with E-state index in [1.165, 1.54) is 17.2 Å². The molecule has 0 aliphatic rings. The first-order chi connectivity index (χ1) is 14.7. The van der Waals surface area contributed by atoms with Crippen molar-refractivity contribution in [1.29, 1.82) is 0 Å². The average Bonchev–Trinajstić information content (AvgIpc) is 3.17. The second-order valence-electron chi connectivity index (χ2n) is 7.34. The average molecular weight is 401 g/mol. The third kappa shape index (κ3) is 4.81. The highest BCUT2D eigenvalue weighted by Gasteiger charge is 2.13. The van der Waals surface area contributed by atoms with Crippen LogP contribution in [0.3, 0.4) is 0 Å². The lowest BCUT2D eigenvalue weighted by molar-refractivity contribution is 0.572. The second kappa shape index (κ2) is 9.46. The van der Waals surface area contributed by atoms with Crippen LogP contribution in [0.15, 0.2) is 78.9 Å². The lowest BCUT2D eigenvalue weighted by Crippen LogP contribution is -2.18. The van der Waals surface area contributed by atoms with Crippen molar-refractivity contribution in [3.8, 4) is 11.3 Å². The van der Waals surface area contributed by atoms with Crippen LogP contribution >= 0.6 is 0 Å². The van der Waals surface area contributed by atoms with E-state index in [1.807, 2.05) is 54.6 Å². The fraction of sp³-hybridized carbons (Fsp3) is 0.200. The van der Waals surface area contributed by atoms with E-state index in [0.717, 1.165) is 22.5 Å². The molecule has 4 nitrogen and oxygen atoms in total. The van der Waals surface area contributed by atoms with Crippen LogP contribution < -0.4 is 5.32 Å². The van der Waals surface area contributed by atoms with E-state index in [1.54, 1.807) is 10.9 Å². The van der Waals surface area contributed by atoms with Crippen molar-refractivity contribution in [2.24, 2.45) is 0 Å². The van der Waals surface area contributed by atoms with Gasteiger partial charge < -0.3 is 5.32 Å². The van der Waals surface area contributed by atoms with Gasteiger partial charge in [-0.2, -0.15) is 15.0 Å². The molecule has 152 valence electrons. The summed E-state index contributed by atoms with van der Waals surface area (Å²) in [5, 5.41) is 12.9. The second-order valence-corrected chi connectivity index (χ2v) is 7.34. The first kappa shape index (κ1) is 20.0. The Balaban J connectivity index is 1.50. The minimum Gasteiger partial charge on any atom is -0.311 e. The molecular weight excluding hydrogens is 375 g/mol. The first-order valence-corrected chi connectivity index (χ1v) is 10.2. The molecule has 0 saturated heterocycles. The summed E-state index contributed by atoms with van der Waals surface area (Å²) < 4.78 is 13.8. The van der Waals surface area contributed by atoms with Gasteiger partial charge in [0, 0.05) is 12.1 Å². The van der Waals surface area contributed by atoms with Gasteiger partial charge in [-0.25, -0.2) is 4.39 Å². The molecule has 3 aromatic carbocycles. The Morgan fingerprint density at radius 1 is 0.833 bits per heavy atom. The molecule has 5 heteroatoms. The monoisotopic (exact) mass is 400 g/mol. The van der Waals surface area contributed by atoms with Crippen LogP contribution in [0.2, 0.25) is 0 Å². The van der Waals surface area contributed by atoms with Crippen LogP contribution in [0.4, 0.5) is 4.39 Å². The van der Waals surface area contributed by atoms with Gasteiger partial charge in [0.25, 0.3) is 0 Å². The smallest absolute Gasteiger partial charge is 0.126 e. The molecule has 0 fully saturated rings. The van der Waals surface area contributed by atoms with Crippen LogP contribution in [-0.4, -0.2) is 21.5 Å². The Bertz CT molecular complexity index is 1110. The van der Waals surface area contributed by atoms with E-state index < -0.39 is 0 Å². The maximum Gasteiger partial charge on any atom is 0.126 e. The highest BCUT2D eigenvalue weighted by atomic mass is 19.1. The molecular formula is C25H25FN4. The van der Waals surface area contributed by atoms with Gasteiger partial charge >= 0.3 is 0 Å². The van der Waals surface area contributed by atoms with Crippen molar-refractivity contribution in [2.75, 3.05) is 6.54 Å². The number of nitrogens with zero attached hydrogens (tertiary/aromatic N) is 3. The molecule has 1 aromatic heterocycles. The molecule has 0 spiro atoms. The molecule has 4 aromatic rings. The summed E-state index contributed by atoms with van der Waals surface area (Å²) in [5.74, 6) is -0.159. The molecule has 0 unspecified atom stereocenters. The zero-order chi connectivity index (χ0) is 20.8. The third-order valence-electron chi connectivity index (χ3n) is 5.17. The van der Waals surface area contributed by atoms with E-state index in [0.29, 0.717) is 26.1 Å². The van der Waals surface area contributed by atoms with Crippen LogP contribution in [0.5, 0.6) is 0 Å². The van der Waals surface area contributed by atoms with E-state index in [-0.39, 0.29) is 5.82 Å². The molecule has 0 radical (unpaired) electrons. The molecule has 0 aliphatic heterocycles. The minimum atomic E-state index is -0.159. The number of nitrogens with one attached hydrogen (secondary N) is 1. The number of hydrogen-bond acceptors (Lipinski definition) is 3. The van der Waals surface area contributed by atoms with Gasteiger partial charge in [-0.3, -0.25) is 0 Å². The molecule has 0 atom stereocenters. The van der Waals surface area contributed by atoms with Gasteiger partial charge in [0.1, 0.15) is 17.2 Å². The number of aromatic nitrogens is 3. The van der Waals surface area contributed by atoms with Gasteiger partial charge in [-0.15, -0.1) is 0 Å². The number of rotatable bonds is 8. The Hall–Kier alpha value is -3.31. The fourth-order valence-electron chi connectivity index (χ4n) is 3.46. The molecule has 0 aliphatic carbocycles. The zero-order valence-electron chi connectivity index (χ0n) is 17.1. The Labute approximate surface area is 176 Å². The van der Waals surface area contributed by atoms with E-state index in [4.69, 9.17) is 10.2 Å². The van der Waals surface area contributed by atoms with Crippen LogP contribution in [0.25, 0.3) is 11.3 Å². The van der Waals surface area contributed by atoms with Crippen LogP contribution in [-0.2, 0) is 19.5 Å². The first-order valence-electron chi connectivity index (χ1n) is 10.2. The molecule has 0 bridgehead atoms. The number of hydrogen-bond donors (Lipinski definition) is 1. The Morgan fingerprint density at radius 2 is 1.53 bits per heavy atom. The zero-order valence-corrected chi connectivity index (χ0v) is 17.1. The Morgan fingerprint density at radius 3 is 2.30 bits per heavy atom. The quantitative estimate of drug-likeness (QED) is 0.433. The van der Waals surface area contributed by atoms with Gasteiger partial charge in [-0.1, -0.05) is 72.8 Å². The lowest BCUT2D eigenvalue weighted by Gasteiger charge is -2.05. The molecule has 1 heterocycles. The van der Waals surface area contributed by atoms with Gasteiger partial charge in [0.2, 0.25) is 0 Å². The van der Waals surface area contributed by atoms with E-state index >= 15 is 0 Å². The van der Waals surface area contributed by atoms with E-state index in [2.05, 4.69) is 24.4 Å². The van der Waals surface area contributed by atoms with Crippen molar-refractivity contribution in [3.05, 3.63) is 107 Å². The summed E-state index contributed by atoms with van der Waals surface area (Å²) in [6.07, 6.45) is 0.630. The summed E-state index contributed by atoms with van der Waals surface area (Å²) in [6.45, 7) is 3.97. The molecule has 0 saturated carbocycles. The summed E-state index contributed by atoms with van der Waals surface area (Å²) in [6, 6.07) is 25.3. The summed E-state index contributed by atoms with van der Waals surface area (Å²) in [4.78, 5) is 1.76. The largest absolute Gasteiger partial charge is 0.311 e. The normalized spacial score (nSPS) is 11.0. The molecule has 4 rings (SSSR count). The number of benzene rings is 3. The van der Waals surface area contributed by atoms with Crippen LogP contribution in [0, 0.1) is 12.7 Å². The standard InChI is InChI=1S/C25H25FN4/c1-19-9-5-6-13-22(19)18-30-28-24(25(29-30)21-11-3-2-4-12-21)17-27-16-15-20-10-7-8-14-23(20)26/h2-14,27H,15-18H2,1H3. The molecule has 0 amide bonds.